The Hall–Kier alpha value is -2.61. The quantitative estimate of drug-likeness (QED) is 0.693. The third kappa shape index (κ3) is 5.19. The van der Waals surface area contributed by atoms with Gasteiger partial charge in [0.05, 0.1) is 12.0 Å². The highest BCUT2D eigenvalue weighted by Crippen LogP contribution is 2.16. The first-order chi connectivity index (χ1) is 13.0. The van der Waals surface area contributed by atoms with Crippen LogP contribution in [0.1, 0.15) is 35.2 Å². The van der Waals surface area contributed by atoms with Crippen LogP contribution in [0.2, 0.25) is 0 Å². The average molecular weight is 375 g/mol. The molecule has 8 nitrogen and oxygen atoms in total. The molecule has 146 valence electrons. The maximum Gasteiger partial charge on any atom is 0.317 e. The maximum absolute atomic E-state index is 12.3. The first kappa shape index (κ1) is 19.2. The minimum Gasteiger partial charge on any atom is -0.481 e. The Bertz CT molecular complexity index is 702. The van der Waals surface area contributed by atoms with Crippen LogP contribution in [0.4, 0.5) is 4.79 Å². The van der Waals surface area contributed by atoms with E-state index in [0.717, 1.165) is 25.0 Å². The number of aliphatic carboxylic acids is 1. The Morgan fingerprint density at radius 3 is 2.78 bits per heavy atom. The number of hydrogen-bond acceptors (Lipinski definition) is 4. The molecule has 1 aromatic rings. The maximum atomic E-state index is 12.3. The van der Waals surface area contributed by atoms with Crippen molar-refractivity contribution in [2.24, 2.45) is 5.92 Å². The minimum atomic E-state index is -0.869. The van der Waals surface area contributed by atoms with Gasteiger partial charge in [0.25, 0.3) is 5.91 Å². The monoisotopic (exact) mass is 375 g/mol. The van der Waals surface area contributed by atoms with Gasteiger partial charge in [-0.15, -0.1) is 0 Å². The highest BCUT2D eigenvalue weighted by molar-refractivity contribution is 5.94. The summed E-state index contributed by atoms with van der Waals surface area (Å²) in [6, 6.07) is 6.80. The first-order valence-corrected chi connectivity index (χ1v) is 9.27. The smallest absolute Gasteiger partial charge is 0.317 e. The molecule has 3 amide bonds. The van der Waals surface area contributed by atoms with E-state index in [4.69, 9.17) is 9.84 Å². The van der Waals surface area contributed by atoms with Gasteiger partial charge in [0.15, 0.2) is 0 Å². The molecular weight excluding hydrogens is 350 g/mol. The van der Waals surface area contributed by atoms with Gasteiger partial charge in [-0.05, 0) is 37.0 Å². The van der Waals surface area contributed by atoms with E-state index in [1.165, 1.54) is 4.90 Å². The summed E-state index contributed by atoms with van der Waals surface area (Å²) in [4.78, 5) is 37.0. The van der Waals surface area contributed by atoms with Crippen molar-refractivity contribution < 1.29 is 24.2 Å². The number of likely N-dealkylation sites (tertiary alicyclic amines) is 1. The Kier molecular flexibility index (Phi) is 6.28. The van der Waals surface area contributed by atoms with E-state index in [-0.39, 0.29) is 31.1 Å². The molecule has 0 aliphatic carbocycles. The molecule has 1 aromatic carbocycles. The van der Waals surface area contributed by atoms with Crippen molar-refractivity contribution in [3.63, 3.8) is 0 Å². The van der Waals surface area contributed by atoms with Gasteiger partial charge < -0.3 is 25.4 Å². The normalized spacial score (nSPS) is 21.9. The van der Waals surface area contributed by atoms with E-state index in [1.54, 1.807) is 18.2 Å². The fourth-order valence-electron chi connectivity index (χ4n) is 3.37. The summed E-state index contributed by atoms with van der Waals surface area (Å²) in [5.74, 6) is -1.53. The molecule has 2 atom stereocenters. The van der Waals surface area contributed by atoms with Gasteiger partial charge in [0.1, 0.15) is 0 Å². The van der Waals surface area contributed by atoms with E-state index in [1.807, 2.05) is 6.07 Å². The van der Waals surface area contributed by atoms with Gasteiger partial charge in [-0.25, -0.2) is 4.79 Å². The number of amides is 3. The van der Waals surface area contributed by atoms with Crippen LogP contribution in [0.25, 0.3) is 0 Å². The zero-order valence-corrected chi connectivity index (χ0v) is 15.1. The summed E-state index contributed by atoms with van der Waals surface area (Å²) in [5, 5.41) is 14.7. The van der Waals surface area contributed by atoms with Crippen LogP contribution in [0.3, 0.4) is 0 Å². The van der Waals surface area contributed by atoms with Crippen molar-refractivity contribution in [2.75, 3.05) is 26.2 Å². The van der Waals surface area contributed by atoms with Crippen LogP contribution in [0.5, 0.6) is 0 Å². The molecule has 2 fully saturated rings. The number of rotatable bonds is 6. The highest BCUT2D eigenvalue weighted by Gasteiger charge is 2.30. The average Bonchev–Trinajstić information content (AvgIpc) is 3.36. The largest absolute Gasteiger partial charge is 0.481 e. The number of ether oxygens (including phenoxy) is 1. The second-order valence-corrected chi connectivity index (χ2v) is 6.97. The topological polar surface area (TPSA) is 108 Å². The lowest BCUT2D eigenvalue weighted by atomic mass is 10.1. The Balaban J connectivity index is 1.47. The third-order valence-electron chi connectivity index (χ3n) is 4.97. The molecule has 2 saturated heterocycles. The lowest BCUT2D eigenvalue weighted by molar-refractivity contribution is -0.141. The van der Waals surface area contributed by atoms with Gasteiger partial charge in [-0.2, -0.15) is 0 Å². The van der Waals surface area contributed by atoms with Crippen LogP contribution in [0.15, 0.2) is 24.3 Å². The molecule has 2 aliphatic heterocycles. The highest BCUT2D eigenvalue weighted by atomic mass is 16.5. The number of benzene rings is 1. The molecule has 2 heterocycles. The van der Waals surface area contributed by atoms with Crippen molar-refractivity contribution in [1.82, 2.24) is 15.5 Å². The van der Waals surface area contributed by atoms with Gasteiger partial charge in [0, 0.05) is 38.3 Å². The van der Waals surface area contributed by atoms with E-state index in [2.05, 4.69) is 10.6 Å². The summed E-state index contributed by atoms with van der Waals surface area (Å²) in [7, 11) is 0. The summed E-state index contributed by atoms with van der Waals surface area (Å²) in [6.07, 6.45) is 2.56. The number of carbonyl (C=O) groups excluding carboxylic acids is 2. The second-order valence-electron chi connectivity index (χ2n) is 6.97. The van der Waals surface area contributed by atoms with E-state index < -0.39 is 11.9 Å². The number of carboxylic acid groups (broad SMARTS) is 1. The summed E-state index contributed by atoms with van der Waals surface area (Å²) in [6.45, 7) is 2.20. The van der Waals surface area contributed by atoms with Crippen molar-refractivity contribution in [1.29, 1.82) is 0 Å². The molecule has 2 unspecified atom stereocenters. The Labute approximate surface area is 157 Å². The Morgan fingerprint density at radius 1 is 1.22 bits per heavy atom. The van der Waals surface area contributed by atoms with Crippen molar-refractivity contribution in [3.8, 4) is 0 Å². The van der Waals surface area contributed by atoms with Crippen LogP contribution < -0.4 is 10.6 Å². The van der Waals surface area contributed by atoms with Crippen molar-refractivity contribution in [2.45, 2.75) is 31.9 Å². The summed E-state index contributed by atoms with van der Waals surface area (Å²) >= 11 is 0. The summed E-state index contributed by atoms with van der Waals surface area (Å²) < 4.78 is 5.50. The fraction of sp³-hybridized carbons (Fsp3) is 0.526. The molecule has 0 bridgehead atoms. The predicted molar refractivity (Wildman–Crippen MR) is 97.3 cm³/mol. The van der Waals surface area contributed by atoms with Crippen LogP contribution in [0, 0.1) is 5.92 Å². The molecule has 0 saturated carbocycles. The number of nitrogens with zero attached hydrogens (tertiary/aromatic N) is 1. The van der Waals surface area contributed by atoms with Crippen molar-refractivity contribution in [3.05, 3.63) is 35.4 Å². The molecule has 0 radical (unpaired) electrons. The Morgan fingerprint density at radius 2 is 2.07 bits per heavy atom. The van der Waals surface area contributed by atoms with Gasteiger partial charge in [-0.3, -0.25) is 9.59 Å². The van der Waals surface area contributed by atoms with Gasteiger partial charge >= 0.3 is 12.0 Å². The molecule has 0 aromatic heterocycles. The van der Waals surface area contributed by atoms with Crippen LogP contribution in [-0.4, -0.2) is 60.3 Å². The second kappa shape index (κ2) is 8.85. The summed E-state index contributed by atoms with van der Waals surface area (Å²) in [5.41, 5.74) is 1.34. The zero-order valence-electron chi connectivity index (χ0n) is 15.1. The van der Waals surface area contributed by atoms with Gasteiger partial charge in [-0.1, -0.05) is 12.1 Å². The van der Waals surface area contributed by atoms with E-state index >= 15 is 0 Å². The first-order valence-electron chi connectivity index (χ1n) is 9.27. The lowest BCUT2D eigenvalue weighted by Gasteiger charge is -2.17. The van der Waals surface area contributed by atoms with E-state index in [9.17, 15) is 14.4 Å². The minimum absolute atomic E-state index is 0.0894. The lowest BCUT2D eigenvalue weighted by Crippen LogP contribution is -2.38. The molecule has 2 aliphatic rings. The molecule has 3 N–H and O–H groups in total. The molecule has 0 spiro atoms. The zero-order chi connectivity index (χ0) is 19.2. The molecular formula is C19H25N3O5. The molecule has 27 heavy (non-hydrogen) atoms. The van der Waals surface area contributed by atoms with Crippen LogP contribution >= 0.6 is 0 Å². The third-order valence-corrected chi connectivity index (χ3v) is 4.97. The standard InChI is InChI=1S/C19H25N3O5/c23-17(20-11-16-5-2-8-27-16)14-4-1-3-13(9-14)10-21-19(26)22-7-6-15(12-22)18(24)25/h1,3-4,9,15-16H,2,5-8,10-12H2,(H,20,23)(H,21,26)(H,24,25). The van der Waals surface area contributed by atoms with E-state index in [0.29, 0.717) is 25.1 Å². The molecule has 3 rings (SSSR count). The molecule has 8 heteroatoms. The SMILES string of the molecule is O=C(NCC1CCCO1)c1cccc(CNC(=O)N2CCC(C(=O)O)C2)c1. The number of carbonyl (C=O) groups is 3. The predicted octanol–water partition coefficient (Wildman–Crippen LogP) is 1.21. The number of nitrogens with one attached hydrogen (secondary N) is 2. The van der Waals surface area contributed by atoms with Crippen molar-refractivity contribution >= 4 is 17.9 Å². The number of hydrogen-bond donors (Lipinski definition) is 3. The number of carboxylic acids is 1. The van der Waals surface area contributed by atoms with Crippen LogP contribution in [-0.2, 0) is 16.1 Å². The number of urea groups is 1. The fourth-order valence-corrected chi connectivity index (χ4v) is 3.37. The van der Waals surface area contributed by atoms with Gasteiger partial charge in [0.2, 0.25) is 0 Å².